The predicted molar refractivity (Wildman–Crippen MR) is 62.6 cm³/mol. The van der Waals surface area contributed by atoms with Crippen molar-refractivity contribution in [1.29, 1.82) is 0 Å². The largest absolute Gasteiger partial charge is 0.482 e. The fraction of sp³-hybridized carbons (Fsp3) is 0.333. The zero-order valence-corrected chi connectivity index (χ0v) is 9.33. The maximum Gasteiger partial charge on any atom is 0.306 e. The van der Waals surface area contributed by atoms with Crippen LogP contribution in [0.2, 0.25) is 5.82 Å². The fourth-order valence-corrected chi connectivity index (χ4v) is 1.21. The average Bonchev–Trinajstić information content (AvgIpc) is 2.34. The lowest BCUT2D eigenvalue weighted by Gasteiger charge is -2.07. The summed E-state index contributed by atoms with van der Waals surface area (Å²) in [4.78, 5) is 21.7. The minimum atomic E-state index is -1.11. The number of carbonyl (C=O) groups is 2. The first-order valence-corrected chi connectivity index (χ1v) is 5.27. The van der Waals surface area contributed by atoms with Gasteiger partial charge in [0.25, 0.3) is 5.97 Å². The van der Waals surface area contributed by atoms with E-state index in [1.807, 2.05) is 30.3 Å². The Labute approximate surface area is 101 Å². The van der Waals surface area contributed by atoms with Crippen LogP contribution in [0.1, 0.15) is 18.4 Å². The van der Waals surface area contributed by atoms with E-state index in [-0.39, 0.29) is 19.4 Å². The van der Waals surface area contributed by atoms with Crippen LogP contribution >= 0.6 is 0 Å². The fourth-order valence-electron chi connectivity index (χ4n) is 1.21. The van der Waals surface area contributed by atoms with Crippen LogP contribution in [0.4, 0.5) is 0 Å². The van der Waals surface area contributed by atoms with Crippen molar-refractivity contribution in [1.82, 2.24) is 0 Å². The molecule has 5 heteroatoms. The van der Waals surface area contributed by atoms with E-state index in [1.165, 1.54) is 0 Å². The summed E-state index contributed by atoms with van der Waals surface area (Å²) in [5.41, 5.74) is 0.892. The molecule has 0 aromatic heterocycles. The second-order valence-electron chi connectivity index (χ2n) is 3.63. The maximum absolute atomic E-state index is 11.3. The molecular formula is C12H13BO4. The molecular weight excluding hydrogens is 219 g/mol. The molecule has 0 aliphatic carbocycles. The van der Waals surface area contributed by atoms with Crippen LogP contribution in [0.3, 0.4) is 0 Å². The van der Waals surface area contributed by atoms with Crippen molar-refractivity contribution in [3.63, 3.8) is 0 Å². The molecule has 1 aromatic carbocycles. The Morgan fingerprint density at radius 2 is 1.94 bits per heavy atom. The number of carbonyl (C=O) groups excluding carboxylic acids is 1. The molecule has 0 spiro atoms. The maximum atomic E-state index is 11.3. The highest BCUT2D eigenvalue weighted by Crippen LogP contribution is 2.10. The highest BCUT2D eigenvalue weighted by atomic mass is 16.5. The number of carboxylic acids is 1. The molecule has 0 amide bonds. The SMILES string of the molecule is [B][C@@H](CCC(=O)OCc1ccccc1)C(=O)O. The summed E-state index contributed by atoms with van der Waals surface area (Å²) in [6.45, 7) is 0.196. The van der Waals surface area contributed by atoms with Crippen molar-refractivity contribution < 1.29 is 19.4 Å². The topological polar surface area (TPSA) is 63.6 Å². The van der Waals surface area contributed by atoms with Crippen molar-refractivity contribution in [2.75, 3.05) is 0 Å². The lowest BCUT2D eigenvalue weighted by molar-refractivity contribution is -0.145. The molecule has 0 aliphatic heterocycles. The van der Waals surface area contributed by atoms with Gasteiger partial charge in [-0.1, -0.05) is 30.3 Å². The summed E-state index contributed by atoms with van der Waals surface area (Å²) in [5.74, 6) is -2.56. The highest BCUT2D eigenvalue weighted by Gasteiger charge is 2.13. The average molecular weight is 232 g/mol. The van der Waals surface area contributed by atoms with Gasteiger partial charge in [0.2, 0.25) is 0 Å². The number of esters is 1. The van der Waals surface area contributed by atoms with E-state index in [4.69, 9.17) is 17.7 Å². The van der Waals surface area contributed by atoms with Gasteiger partial charge in [0, 0.05) is 12.2 Å². The van der Waals surface area contributed by atoms with Crippen LogP contribution < -0.4 is 0 Å². The molecule has 1 rings (SSSR count). The van der Waals surface area contributed by atoms with E-state index in [2.05, 4.69) is 0 Å². The summed E-state index contributed by atoms with van der Waals surface area (Å²) in [6, 6.07) is 9.26. The number of carboxylic acid groups (broad SMARTS) is 1. The quantitative estimate of drug-likeness (QED) is 0.597. The lowest BCUT2D eigenvalue weighted by Crippen LogP contribution is -2.11. The van der Waals surface area contributed by atoms with Crippen LogP contribution in [-0.4, -0.2) is 24.9 Å². The molecule has 0 aliphatic rings. The van der Waals surface area contributed by atoms with E-state index >= 15 is 0 Å². The van der Waals surface area contributed by atoms with Crippen LogP contribution in [0.15, 0.2) is 30.3 Å². The van der Waals surface area contributed by atoms with Crippen LogP contribution in [0.25, 0.3) is 0 Å². The summed E-state index contributed by atoms with van der Waals surface area (Å²) in [6.07, 6.45) is 0.100. The molecule has 1 N–H and O–H groups in total. The molecule has 1 atom stereocenters. The lowest BCUT2D eigenvalue weighted by atomic mass is 9.84. The van der Waals surface area contributed by atoms with E-state index in [1.54, 1.807) is 0 Å². The standard InChI is InChI=1S/C12H13BO4/c13-10(12(15)16)6-7-11(14)17-8-9-4-2-1-3-5-9/h1-5,10H,6-8H2,(H,15,16)/t10-/m0/s1. The summed E-state index contributed by atoms with van der Waals surface area (Å²) in [7, 11) is 5.26. The Bertz CT molecular complexity index is 377. The Kier molecular flexibility index (Phi) is 5.26. The second-order valence-corrected chi connectivity index (χ2v) is 3.63. The molecule has 2 radical (unpaired) electrons. The van der Waals surface area contributed by atoms with E-state index in [9.17, 15) is 9.59 Å². The molecule has 1 aromatic rings. The van der Waals surface area contributed by atoms with Crippen LogP contribution in [-0.2, 0) is 20.9 Å². The minimum Gasteiger partial charge on any atom is -0.482 e. The van der Waals surface area contributed by atoms with Gasteiger partial charge in [-0.2, -0.15) is 0 Å². The summed E-state index contributed by atoms with van der Waals surface area (Å²) in [5, 5.41) is 8.53. The molecule has 0 saturated heterocycles. The van der Waals surface area contributed by atoms with Gasteiger partial charge >= 0.3 is 5.97 Å². The zero-order valence-electron chi connectivity index (χ0n) is 9.33. The molecule has 0 bridgehead atoms. The zero-order chi connectivity index (χ0) is 12.7. The van der Waals surface area contributed by atoms with Gasteiger partial charge in [-0.25, -0.2) is 0 Å². The highest BCUT2D eigenvalue weighted by molar-refractivity contribution is 6.22. The Hall–Kier alpha value is -1.78. The third-order valence-corrected chi connectivity index (χ3v) is 2.22. The van der Waals surface area contributed by atoms with Gasteiger partial charge in [0.1, 0.15) is 6.61 Å². The molecule has 88 valence electrons. The van der Waals surface area contributed by atoms with Gasteiger partial charge in [-0.05, 0) is 12.0 Å². The van der Waals surface area contributed by atoms with Gasteiger partial charge in [-0.15, -0.1) is 0 Å². The first-order chi connectivity index (χ1) is 8.09. The van der Waals surface area contributed by atoms with Gasteiger partial charge in [0.15, 0.2) is 0 Å². The Morgan fingerprint density at radius 3 is 2.53 bits per heavy atom. The molecule has 0 unspecified atom stereocenters. The van der Waals surface area contributed by atoms with Crippen molar-refractivity contribution in [2.45, 2.75) is 25.3 Å². The first-order valence-electron chi connectivity index (χ1n) is 5.27. The molecule has 4 nitrogen and oxygen atoms in total. The first kappa shape index (κ1) is 13.3. The number of hydrogen-bond donors (Lipinski definition) is 1. The third kappa shape index (κ3) is 5.20. The second kappa shape index (κ2) is 6.73. The monoisotopic (exact) mass is 232 g/mol. The number of rotatable bonds is 6. The van der Waals surface area contributed by atoms with Gasteiger partial charge < -0.3 is 9.84 Å². The summed E-state index contributed by atoms with van der Waals surface area (Å²) >= 11 is 0. The normalized spacial score (nSPS) is 11.8. The smallest absolute Gasteiger partial charge is 0.306 e. The Morgan fingerprint density at radius 1 is 1.29 bits per heavy atom. The van der Waals surface area contributed by atoms with Crippen LogP contribution in [0, 0.1) is 0 Å². The van der Waals surface area contributed by atoms with E-state index in [0.29, 0.717) is 0 Å². The van der Waals surface area contributed by atoms with E-state index in [0.717, 1.165) is 5.56 Å². The van der Waals surface area contributed by atoms with Gasteiger partial charge in [-0.3, -0.25) is 9.59 Å². The molecule has 0 fully saturated rings. The third-order valence-electron chi connectivity index (χ3n) is 2.22. The molecule has 0 saturated carbocycles. The van der Waals surface area contributed by atoms with Crippen molar-refractivity contribution in [3.8, 4) is 0 Å². The van der Waals surface area contributed by atoms with Crippen molar-refractivity contribution >= 4 is 19.8 Å². The molecule has 17 heavy (non-hydrogen) atoms. The number of ether oxygens (including phenoxy) is 1. The number of benzene rings is 1. The van der Waals surface area contributed by atoms with E-state index < -0.39 is 17.8 Å². The summed E-state index contributed by atoms with van der Waals surface area (Å²) < 4.78 is 4.97. The predicted octanol–water partition coefficient (Wildman–Crippen LogP) is 1.55. The number of aliphatic carboxylic acids is 1. The minimum absolute atomic E-state index is 0.0142. The van der Waals surface area contributed by atoms with Crippen molar-refractivity contribution in [3.05, 3.63) is 35.9 Å². The van der Waals surface area contributed by atoms with Crippen molar-refractivity contribution in [2.24, 2.45) is 0 Å². The van der Waals surface area contributed by atoms with Crippen LogP contribution in [0.5, 0.6) is 0 Å². The number of hydrogen-bond acceptors (Lipinski definition) is 3. The Balaban J connectivity index is 2.24. The molecule has 0 heterocycles. The van der Waals surface area contributed by atoms with Gasteiger partial charge in [0.05, 0.1) is 7.85 Å².